The Morgan fingerprint density at radius 1 is 1.10 bits per heavy atom. The summed E-state index contributed by atoms with van der Waals surface area (Å²) in [4.78, 5) is 2.92. The molecule has 2 fully saturated rings. The van der Waals surface area contributed by atoms with E-state index in [1.807, 2.05) is 0 Å². The van der Waals surface area contributed by atoms with Crippen molar-refractivity contribution in [2.45, 2.75) is 90.8 Å². The molecule has 3 unspecified atom stereocenters. The number of nitrogens with one attached hydrogen (secondary N) is 1. The van der Waals surface area contributed by atoms with Gasteiger partial charge >= 0.3 is 0 Å². The van der Waals surface area contributed by atoms with Crippen LogP contribution in [0, 0.1) is 11.8 Å². The molecule has 118 valence electrons. The van der Waals surface area contributed by atoms with Crippen molar-refractivity contribution in [2.75, 3.05) is 13.1 Å². The molecule has 2 aliphatic rings. The van der Waals surface area contributed by atoms with Gasteiger partial charge in [-0.15, -0.1) is 0 Å². The normalized spacial score (nSPS) is 32.4. The standard InChI is InChI=1S/C18H36N2/c1-5-19-17-11-10-15(4)12-18(17)20(13-14(2)3)16-8-6-7-9-16/h14-19H,5-13H2,1-4H3. The van der Waals surface area contributed by atoms with Crippen molar-refractivity contribution < 1.29 is 0 Å². The van der Waals surface area contributed by atoms with Crippen LogP contribution in [-0.4, -0.2) is 36.1 Å². The van der Waals surface area contributed by atoms with Gasteiger partial charge in [-0.3, -0.25) is 4.90 Å². The van der Waals surface area contributed by atoms with Gasteiger partial charge in [-0.05, 0) is 50.5 Å². The summed E-state index contributed by atoms with van der Waals surface area (Å²) in [6.07, 6.45) is 9.98. The van der Waals surface area contributed by atoms with Gasteiger partial charge in [-0.1, -0.05) is 40.5 Å². The van der Waals surface area contributed by atoms with Crippen LogP contribution in [0.3, 0.4) is 0 Å². The highest BCUT2D eigenvalue weighted by Gasteiger charge is 2.36. The molecular formula is C18H36N2. The van der Waals surface area contributed by atoms with E-state index in [0.717, 1.165) is 36.5 Å². The molecule has 2 saturated carbocycles. The molecule has 2 nitrogen and oxygen atoms in total. The molecule has 0 aromatic carbocycles. The lowest BCUT2D eigenvalue weighted by molar-refractivity contribution is 0.0545. The summed E-state index contributed by atoms with van der Waals surface area (Å²) in [5.74, 6) is 1.70. The van der Waals surface area contributed by atoms with Crippen LogP contribution < -0.4 is 5.32 Å². The van der Waals surface area contributed by atoms with Gasteiger partial charge in [0.15, 0.2) is 0 Å². The summed E-state index contributed by atoms with van der Waals surface area (Å²) in [7, 11) is 0. The molecule has 0 amide bonds. The van der Waals surface area contributed by atoms with Crippen molar-refractivity contribution in [3.8, 4) is 0 Å². The predicted octanol–water partition coefficient (Wildman–Crippen LogP) is 4.05. The highest BCUT2D eigenvalue weighted by Crippen LogP contribution is 2.33. The first-order chi connectivity index (χ1) is 9.61. The first-order valence-electron chi connectivity index (χ1n) is 9.11. The first-order valence-corrected chi connectivity index (χ1v) is 9.11. The Labute approximate surface area is 126 Å². The summed E-state index contributed by atoms with van der Waals surface area (Å²) < 4.78 is 0. The van der Waals surface area contributed by atoms with Crippen LogP contribution in [0.15, 0.2) is 0 Å². The van der Waals surface area contributed by atoms with Gasteiger partial charge in [-0.25, -0.2) is 0 Å². The predicted molar refractivity (Wildman–Crippen MR) is 88.1 cm³/mol. The highest BCUT2D eigenvalue weighted by molar-refractivity contribution is 4.94. The van der Waals surface area contributed by atoms with Gasteiger partial charge in [0.05, 0.1) is 0 Å². The van der Waals surface area contributed by atoms with Crippen molar-refractivity contribution in [3.63, 3.8) is 0 Å². The average Bonchev–Trinajstić information content (AvgIpc) is 2.92. The van der Waals surface area contributed by atoms with Gasteiger partial charge < -0.3 is 5.32 Å². The number of likely N-dealkylation sites (N-methyl/N-ethyl adjacent to an activating group) is 1. The third-order valence-electron chi connectivity index (χ3n) is 5.34. The molecule has 0 spiro atoms. The summed E-state index contributed by atoms with van der Waals surface area (Å²) >= 11 is 0. The molecule has 2 rings (SSSR count). The molecular weight excluding hydrogens is 244 g/mol. The molecule has 20 heavy (non-hydrogen) atoms. The van der Waals surface area contributed by atoms with Gasteiger partial charge in [-0.2, -0.15) is 0 Å². The van der Waals surface area contributed by atoms with Crippen LogP contribution in [0.25, 0.3) is 0 Å². The Bertz CT molecular complexity index is 271. The van der Waals surface area contributed by atoms with E-state index in [0.29, 0.717) is 0 Å². The topological polar surface area (TPSA) is 15.3 Å². The molecule has 2 heteroatoms. The Hall–Kier alpha value is -0.0800. The molecule has 1 N–H and O–H groups in total. The third-order valence-corrected chi connectivity index (χ3v) is 5.34. The maximum atomic E-state index is 3.79. The Balaban J connectivity index is 2.09. The van der Waals surface area contributed by atoms with Gasteiger partial charge in [0, 0.05) is 24.7 Å². The fourth-order valence-electron chi connectivity index (χ4n) is 4.43. The van der Waals surface area contributed by atoms with E-state index in [1.165, 1.54) is 51.5 Å². The Morgan fingerprint density at radius 2 is 1.80 bits per heavy atom. The van der Waals surface area contributed by atoms with E-state index in [1.54, 1.807) is 0 Å². The van der Waals surface area contributed by atoms with E-state index >= 15 is 0 Å². The SMILES string of the molecule is CCNC1CCC(C)CC1N(CC(C)C)C1CCCC1. The van der Waals surface area contributed by atoms with Crippen molar-refractivity contribution in [2.24, 2.45) is 11.8 Å². The van der Waals surface area contributed by atoms with Crippen molar-refractivity contribution in [1.29, 1.82) is 0 Å². The van der Waals surface area contributed by atoms with Crippen LogP contribution >= 0.6 is 0 Å². The second kappa shape index (κ2) is 7.79. The minimum atomic E-state index is 0.732. The number of hydrogen-bond donors (Lipinski definition) is 1. The van der Waals surface area contributed by atoms with Gasteiger partial charge in [0.25, 0.3) is 0 Å². The minimum Gasteiger partial charge on any atom is -0.313 e. The quantitative estimate of drug-likeness (QED) is 0.789. The maximum absolute atomic E-state index is 3.79. The molecule has 0 heterocycles. The van der Waals surface area contributed by atoms with E-state index in [2.05, 4.69) is 37.9 Å². The molecule has 0 bridgehead atoms. The van der Waals surface area contributed by atoms with Gasteiger partial charge in [0.2, 0.25) is 0 Å². The monoisotopic (exact) mass is 280 g/mol. The van der Waals surface area contributed by atoms with Crippen LogP contribution in [0.5, 0.6) is 0 Å². The van der Waals surface area contributed by atoms with Crippen LogP contribution in [0.2, 0.25) is 0 Å². The van der Waals surface area contributed by atoms with Crippen molar-refractivity contribution in [3.05, 3.63) is 0 Å². The number of hydrogen-bond acceptors (Lipinski definition) is 2. The van der Waals surface area contributed by atoms with Crippen LogP contribution in [0.1, 0.15) is 72.6 Å². The third kappa shape index (κ3) is 4.21. The molecule has 3 atom stereocenters. The summed E-state index contributed by atoms with van der Waals surface area (Å²) in [6, 6.07) is 2.38. The summed E-state index contributed by atoms with van der Waals surface area (Å²) in [5.41, 5.74) is 0. The summed E-state index contributed by atoms with van der Waals surface area (Å²) in [5, 5.41) is 3.79. The first kappa shape index (κ1) is 16.3. The average molecular weight is 281 g/mol. The van der Waals surface area contributed by atoms with E-state index in [4.69, 9.17) is 0 Å². The molecule has 2 aliphatic carbocycles. The van der Waals surface area contributed by atoms with Crippen LogP contribution in [-0.2, 0) is 0 Å². The smallest absolute Gasteiger partial charge is 0.0254 e. The number of rotatable bonds is 6. The lowest BCUT2D eigenvalue weighted by atomic mass is 9.81. The minimum absolute atomic E-state index is 0.732. The Kier molecular flexibility index (Phi) is 6.35. The molecule has 0 radical (unpaired) electrons. The fraction of sp³-hybridized carbons (Fsp3) is 1.00. The fourth-order valence-corrected chi connectivity index (χ4v) is 4.43. The maximum Gasteiger partial charge on any atom is 0.0254 e. The zero-order valence-corrected chi connectivity index (χ0v) is 14.2. The lowest BCUT2D eigenvalue weighted by Crippen LogP contribution is -2.56. The molecule has 0 aromatic heterocycles. The Morgan fingerprint density at radius 3 is 2.40 bits per heavy atom. The lowest BCUT2D eigenvalue weighted by Gasteiger charge is -2.46. The molecule has 0 aromatic rings. The van der Waals surface area contributed by atoms with E-state index < -0.39 is 0 Å². The summed E-state index contributed by atoms with van der Waals surface area (Å²) in [6.45, 7) is 11.9. The van der Waals surface area contributed by atoms with Crippen molar-refractivity contribution >= 4 is 0 Å². The largest absolute Gasteiger partial charge is 0.313 e. The zero-order chi connectivity index (χ0) is 14.5. The number of nitrogens with zero attached hydrogens (tertiary/aromatic N) is 1. The van der Waals surface area contributed by atoms with E-state index in [-0.39, 0.29) is 0 Å². The van der Waals surface area contributed by atoms with Crippen LogP contribution in [0.4, 0.5) is 0 Å². The van der Waals surface area contributed by atoms with E-state index in [9.17, 15) is 0 Å². The second-order valence-corrected chi connectivity index (χ2v) is 7.68. The van der Waals surface area contributed by atoms with Gasteiger partial charge in [0.1, 0.15) is 0 Å². The zero-order valence-electron chi connectivity index (χ0n) is 14.2. The molecule has 0 aliphatic heterocycles. The second-order valence-electron chi connectivity index (χ2n) is 7.68. The van der Waals surface area contributed by atoms with Crippen molar-refractivity contribution in [1.82, 2.24) is 10.2 Å². The highest BCUT2D eigenvalue weighted by atomic mass is 15.2. The molecule has 0 saturated heterocycles.